The first-order valence-corrected chi connectivity index (χ1v) is 9.94. The molecule has 3 aliphatic rings. The summed E-state index contributed by atoms with van der Waals surface area (Å²) in [5, 5.41) is 3.14. The molecule has 5 atom stereocenters. The van der Waals surface area contributed by atoms with Gasteiger partial charge in [-0.05, 0) is 49.8 Å². The Bertz CT molecular complexity index is 913. The molecule has 1 saturated carbocycles. The van der Waals surface area contributed by atoms with Crippen LogP contribution in [0.15, 0.2) is 30.4 Å². The van der Waals surface area contributed by atoms with Crippen molar-refractivity contribution < 1.29 is 23.9 Å². The van der Waals surface area contributed by atoms with Gasteiger partial charge < -0.3 is 10.1 Å². The van der Waals surface area contributed by atoms with Gasteiger partial charge in [-0.25, -0.2) is 4.79 Å². The number of likely N-dealkylation sites (tertiary alicyclic amines) is 1. The topological polar surface area (TPSA) is 92.8 Å². The van der Waals surface area contributed by atoms with E-state index in [0.717, 1.165) is 11.3 Å². The summed E-state index contributed by atoms with van der Waals surface area (Å²) in [6.07, 6.45) is 4.81. The minimum Gasteiger partial charge on any atom is -0.454 e. The molecule has 1 heterocycles. The molecule has 4 rings (SSSR count). The van der Waals surface area contributed by atoms with E-state index < -0.39 is 24.5 Å². The lowest BCUT2D eigenvalue weighted by atomic mass is 9.85. The van der Waals surface area contributed by atoms with Crippen molar-refractivity contribution >= 4 is 41.0 Å². The van der Waals surface area contributed by atoms with Crippen molar-refractivity contribution in [1.29, 1.82) is 0 Å². The molecule has 1 aliphatic heterocycles. The molecule has 3 amide bonds. The van der Waals surface area contributed by atoms with Crippen LogP contribution in [0.2, 0.25) is 5.02 Å². The molecule has 1 aromatic rings. The SMILES string of the molecule is Cc1c(Cl)cccc1NC(=O)COC(=O)[C@H](C)N1C(=O)[C@H]2[C@H](C1=O)[C@H]1C=C[C@H]2C1. The Kier molecular flexibility index (Phi) is 4.94. The number of nitrogens with one attached hydrogen (secondary N) is 1. The van der Waals surface area contributed by atoms with E-state index in [2.05, 4.69) is 5.32 Å². The van der Waals surface area contributed by atoms with Gasteiger partial charge in [0, 0.05) is 10.7 Å². The number of fused-ring (bicyclic) bond motifs is 5. The molecule has 152 valence electrons. The third-order valence-corrected chi connectivity index (χ3v) is 6.53. The summed E-state index contributed by atoms with van der Waals surface area (Å²) in [5.41, 5.74) is 1.22. The Morgan fingerprint density at radius 1 is 1.21 bits per heavy atom. The van der Waals surface area contributed by atoms with Crippen LogP contribution in [-0.2, 0) is 23.9 Å². The quantitative estimate of drug-likeness (QED) is 0.451. The van der Waals surface area contributed by atoms with Crippen molar-refractivity contribution in [2.75, 3.05) is 11.9 Å². The van der Waals surface area contributed by atoms with Crippen LogP contribution in [0.25, 0.3) is 0 Å². The third kappa shape index (κ3) is 3.23. The van der Waals surface area contributed by atoms with Crippen LogP contribution in [0.5, 0.6) is 0 Å². The number of esters is 1. The van der Waals surface area contributed by atoms with E-state index in [-0.39, 0.29) is 35.5 Å². The summed E-state index contributed by atoms with van der Waals surface area (Å²) < 4.78 is 5.06. The summed E-state index contributed by atoms with van der Waals surface area (Å²) in [4.78, 5) is 51.1. The normalized spacial score (nSPS) is 27.9. The van der Waals surface area contributed by atoms with Crippen molar-refractivity contribution in [3.63, 3.8) is 0 Å². The largest absolute Gasteiger partial charge is 0.454 e. The minimum atomic E-state index is -1.07. The number of rotatable bonds is 5. The zero-order chi connectivity index (χ0) is 20.9. The average Bonchev–Trinajstić information content (AvgIpc) is 3.37. The summed E-state index contributed by atoms with van der Waals surface area (Å²) in [7, 11) is 0. The molecule has 29 heavy (non-hydrogen) atoms. The highest BCUT2D eigenvalue weighted by molar-refractivity contribution is 6.31. The number of ether oxygens (including phenoxy) is 1. The molecule has 0 radical (unpaired) electrons. The summed E-state index contributed by atoms with van der Waals surface area (Å²) in [6.45, 7) is 2.69. The van der Waals surface area contributed by atoms with Crippen LogP contribution < -0.4 is 5.32 Å². The molecular weight excluding hydrogens is 396 g/mol. The highest BCUT2D eigenvalue weighted by Gasteiger charge is 2.60. The molecule has 8 heteroatoms. The number of carbonyl (C=O) groups excluding carboxylic acids is 4. The summed E-state index contributed by atoms with van der Waals surface area (Å²) in [5.74, 6) is -2.56. The van der Waals surface area contributed by atoms with E-state index in [1.54, 1.807) is 25.1 Å². The Balaban J connectivity index is 1.35. The highest BCUT2D eigenvalue weighted by Crippen LogP contribution is 2.52. The van der Waals surface area contributed by atoms with Crippen molar-refractivity contribution in [3.05, 3.63) is 40.9 Å². The van der Waals surface area contributed by atoms with Crippen LogP contribution >= 0.6 is 11.6 Å². The lowest BCUT2D eigenvalue weighted by Crippen LogP contribution is -2.45. The van der Waals surface area contributed by atoms with Gasteiger partial charge in [-0.2, -0.15) is 0 Å². The molecular formula is C21H21ClN2O5. The number of benzene rings is 1. The van der Waals surface area contributed by atoms with Crippen molar-refractivity contribution in [1.82, 2.24) is 4.90 Å². The number of hydrogen-bond acceptors (Lipinski definition) is 5. The number of carbonyl (C=O) groups is 4. The number of amides is 3. The van der Waals surface area contributed by atoms with Gasteiger partial charge in [-0.3, -0.25) is 19.3 Å². The minimum absolute atomic E-state index is 0.0707. The average molecular weight is 417 g/mol. The molecule has 0 aromatic heterocycles. The summed E-state index contributed by atoms with van der Waals surface area (Å²) >= 11 is 6.02. The summed E-state index contributed by atoms with van der Waals surface area (Å²) in [6, 6.07) is 4.02. The first kappa shape index (κ1) is 19.6. The highest BCUT2D eigenvalue weighted by atomic mass is 35.5. The second-order valence-electron chi connectivity index (χ2n) is 7.79. The third-order valence-electron chi connectivity index (χ3n) is 6.12. The predicted octanol–water partition coefficient (Wildman–Crippen LogP) is 2.33. The Labute approximate surface area is 173 Å². The van der Waals surface area contributed by atoms with E-state index in [4.69, 9.17) is 16.3 Å². The van der Waals surface area contributed by atoms with E-state index in [1.165, 1.54) is 6.92 Å². The predicted molar refractivity (Wildman–Crippen MR) is 105 cm³/mol. The molecule has 2 bridgehead atoms. The fourth-order valence-electron chi connectivity index (χ4n) is 4.60. The zero-order valence-corrected chi connectivity index (χ0v) is 16.8. The number of imide groups is 1. The van der Waals surface area contributed by atoms with Gasteiger partial charge >= 0.3 is 5.97 Å². The fourth-order valence-corrected chi connectivity index (χ4v) is 4.77. The van der Waals surface area contributed by atoms with Crippen molar-refractivity contribution in [2.24, 2.45) is 23.7 Å². The molecule has 7 nitrogen and oxygen atoms in total. The van der Waals surface area contributed by atoms with Crippen LogP contribution in [-0.4, -0.2) is 41.2 Å². The fraction of sp³-hybridized carbons (Fsp3) is 0.429. The molecule has 1 aromatic carbocycles. The van der Waals surface area contributed by atoms with Crippen molar-refractivity contribution in [2.45, 2.75) is 26.3 Å². The molecule has 0 spiro atoms. The van der Waals surface area contributed by atoms with Gasteiger partial charge in [0.2, 0.25) is 11.8 Å². The number of nitrogens with zero attached hydrogens (tertiary/aromatic N) is 1. The maximum Gasteiger partial charge on any atom is 0.329 e. The molecule has 2 fully saturated rings. The van der Waals surface area contributed by atoms with Gasteiger partial charge in [0.25, 0.3) is 5.91 Å². The van der Waals surface area contributed by atoms with Gasteiger partial charge in [-0.15, -0.1) is 0 Å². The number of anilines is 1. The van der Waals surface area contributed by atoms with Crippen LogP contribution in [0, 0.1) is 30.6 Å². The van der Waals surface area contributed by atoms with Crippen LogP contribution in [0.1, 0.15) is 18.9 Å². The Morgan fingerprint density at radius 3 is 2.45 bits per heavy atom. The second-order valence-corrected chi connectivity index (χ2v) is 8.20. The van der Waals surface area contributed by atoms with Crippen LogP contribution in [0.4, 0.5) is 5.69 Å². The molecule has 1 N–H and O–H groups in total. The standard InChI is InChI=1S/C21H21ClN2O5/c1-10-14(22)4-3-5-15(10)23-16(25)9-29-21(28)11(2)24-19(26)17-12-6-7-13(8-12)18(17)20(24)27/h3-7,11-13,17-18H,8-9H2,1-2H3,(H,23,25)/t11-,12-,13-,17+,18+/m0/s1. The lowest BCUT2D eigenvalue weighted by Gasteiger charge is -2.23. The smallest absolute Gasteiger partial charge is 0.329 e. The van der Waals surface area contributed by atoms with Gasteiger partial charge in [0.15, 0.2) is 6.61 Å². The monoisotopic (exact) mass is 416 g/mol. The Morgan fingerprint density at radius 2 is 1.83 bits per heavy atom. The Hall–Kier alpha value is -2.67. The second kappa shape index (κ2) is 7.30. The zero-order valence-electron chi connectivity index (χ0n) is 16.1. The van der Waals surface area contributed by atoms with E-state index in [0.29, 0.717) is 16.3 Å². The number of hydrogen-bond donors (Lipinski definition) is 1. The number of allylic oxidation sites excluding steroid dienone is 2. The van der Waals surface area contributed by atoms with Gasteiger partial charge in [0.1, 0.15) is 6.04 Å². The first-order valence-electron chi connectivity index (χ1n) is 9.56. The van der Waals surface area contributed by atoms with E-state index in [1.807, 2.05) is 12.2 Å². The molecule has 0 unspecified atom stereocenters. The first-order chi connectivity index (χ1) is 13.8. The van der Waals surface area contributed by atoms with Crippen LogP contribution in [0.3, 0.4) is 0 Å². The van der Waals surface area contributed by atoms with Gasteiger partial charge in [0.05, 0.1) is 11.8 Å². The van der Waals surface area contributed by atoms with E-state index >= 15 is 0 Å². The molecule has 1 saturated heterocycles. The molecule has 2 aliphatic carbocycles. The van der Waals surface area contributed by atoms with Crippen molar-refractivity contribution in [3.8, 4) is 0 Å². The maximum atomic E-state index is 12.8. The maximum absolute atomic E-state index is 12.8. The van der Waals surface area contributed by atoms with E-state index in [9.17, 15) is 19.2 Å². The number of halogens is 1. The van der Waals surface area contributed by atoms with Gasteiger partial charge in [-0.1, -0.05) is 29.8 Å². The lowest BCUT2D eigenvalue weighted by molar-refractivity contribution is -0.159.